The maximum Gasteiger partial charge on any atom is 0.268 e. The van der Waals surface area contributed by atoms with E-state index < -0.39 is 5.91 Å². The first kappa shape index (κ1) is 22.2. The van der Waals surface area contributed by atoms with Crippen molar-refractivity contribution < 1.29 is 9.32 Å². The van der Waals surface area contributed by atoms with Gasteiger partial charge in [0.1, 0.15) is 11.4 Å². The molecular formula is C25H18N6O3S. The molecule has 0 fully saturated rings. The second-order valence-electron chi connectivity index (χ2n) is 7.95. The first-order valence-corrected chi connectivity index (χ1v) is 11.4. The summed E-state index contributed by atoms with van der Waals surface area (Å²) >= 11 is 1.29. The van der Waals surface area contributed by atoms with Gasteiger partial charge in [0.05, 0.1) is 28.2 Å². The van der Waals surface area contributed by atoms with Crippen molar-refractivity contribution in [2.24, 2.45) is 0 Å². The number of fused-ring (bicyclic) bond motifs is 1. The van der Waals surface area contributed by atoms with Gasteiger partial charge in [0.15, 0.2) is 0 Å². The summed E-state index contributed by atoms with van der Waals surface area (Å²) in [6, 6.07) is 16.4. The molecule has 0 aliphatic heterocycles. The quantitative estimate of drug-likeness (QED) is 0.396. The lowest BCUT2D eigenvalue weighted by molar-refractivity contribution is -0.116. The van der Waals surface area contributed by atoms with Crippen molar-refractivity contribution >= 4 is 33.1 Å². The molecule has 9 nitrogen and oxygen atoms in total. The third-order valence-corrected chi connectivity index (χ3v) is 6.59. The van der Waals surface area contributed by atoms with E-state index in [4.69, 9.17) is 9.78 Å². The first-order chi connectivity index (χ1) is 16.9. The van der Waals surface area contributed by atoms with Gasteiger partial charge in [-0.25, -0.2) is 4.98 Å². The fraction of sp³-hybridized carbons (Fsp3) is 0.120. The van der Waals surface area contributed by atoms with Gasteiger partial charge in [-0.1, -0.05) is 35.0 Å². The van der Waals surface area contributed by atoms with E-state index in [2.05, 4.69) is 20.4 Å². The van der Waals surface area contributed by atoms with Crippen LogP contribution in [0.4, 0.5) is 5.69 Å². The Balaban J connectivity index is 1.43. The minimum Gasteiger partial charge on any atom is -0.333 e. The van der Waals surface area contributed by atoms with E-state index in [1.54, 1.807) is 31.2 Å². The summed E-state index contributed by atoms with van der Waals surface area (Å²) in [6.07, 6.45) is 1.35. The average Bonchev–Trinajstić information content (AvgIpc) is 3.46. The van der Waals surface area contributed by atoms with Crippen LogP contribution in [-0.2, 0) is 11.3 Å². The number of carbonyl (C=O) groups is 1. The molecule has 2 aromatic carbocycles. The normalized spacial score (nSPS) is 10.9. The third kappa shape index (κ3) is 4.32. The van der Waals surface area contributed by atoms with Crippen LogP contribution in [0.1, 0.15) is 16.7 Å². The minimum atomic E-state index is -0.406. The number of hydrogen-bond donors (Lipinski definition) is 1. The van der Waals surface area contributed by atoms with E-state index in [1.165, 1.54) is 22.2 Å². The molecule has 5 rings (SSSR count). The van der Waals surface area contributed by atoms with Crippen LogP contribution in [0.2, 0.25) is 0 Å². The van der Waals surface area contributed by atoms with Crippen molar-refractivity contribution in [2.45, 2.75) is 20.4 Å². The van der Waals surface area contributed by atoms with Crippen molar-refractivity contribution in [3.63, 3.8) is 0 Å². The highest BCUT2D eigenvalue weighted by atomic mass is 32.1. The molecule has 0 radical (unpaired) electrons. The summed E-state index contributed by atoms with van der Waals surface area (Å²) in [5, 5.41) is 16.2. The van der Waals surface area contributed by atoms with E-state index in [0.717, 1.165) is 11.1 Å². The minimum absolute atomic E-state index is 0.221. The molecule has 0 saturated heterocycles. The highest BCUT2D eigenvalue weighted by Crippen LogP contribution is 2.35. The molecule has 1 N–H and O–H groups in total. The van der Waals surface area contributed by atoms with Gasteiger partial charge in [-0.15, -0.1) is 11.3 Å². The second-order valence-corrected chi connectivity index (χ2v) is 8.95. The zero-order valence-corrected chi connectivity index (χ0v) is 19.6. The predicted octanol–water partition coefficient (Wildman–Crippen LogP) is 4.30. The number of amides is 1. The summed E-state index contributed by atoms with van der Waals surface area (Å²) in [7, 11) is 0. The number of aryl methyl sites for hydroxylation is 2. The lowest BCUT2D eigenvalue weighted by atomic mass is 10.1. The number of nitrogens with one attached hydrogen (secondary N) is 1. The summed E-state index contributed by atoms with van der Waals surface area (Å²) in [5.41, 5.74) is 3.15. The fourth-order valence-electron chi connectivity index (χ4n) is 3.71. The molecule has 3 aromatic heterocycles. The summed E-state index contributed by atoms with van der Waals surface area (Å²) in [4.78, 5) is 35.8. The SMILES string of the molecule is Cc1cccc(-c2noc(-c3sc4ncn(CC(=O)Nc5cccc(C#N)c5)c(=O)c4c3C)n2)c1. The molecule has 0 atom stereocenters. The van der Waals surface area contributed by atoms with Crippen LogP contribution in [0.5, 0.6) is 0 Å². The molecule has 0 bridgehead atoms. The van der Waals surface area contributed by atoms with Crippen LogP contribution in [0.15, 0.2) is 64.2 Å². The number of anilines is 1. The van der Waals surface area contributed by atoms with E-state index in [1.807, 2.05) is 37.3 Å². The molecule has 10 heteroatoms. The van der Waals surface area contributed by atoms with Crippen LogP contribution in [0, 0.1) is 25.2 Å². The molecule has 0 unspecified atom stereocenters. The lowest BCUT2D eigenvalue weighted by Crippen LogP contribution is -2.27. The number of rotatable bonds is 5. The van der Waals surface area contributed by atoms with Gasteiger partial charge in [-0.3, -0.25) is 14.2 Å². The van der Waals surface area contributed by atoms with E-state index in [9.17, 15) is 9.59 Å². The Bertz CT molecular complexity index is 1690. The number of nitriles is 1. The molecule has 3 heterocycles. The van der Waals surface area contributed by atoms with Crippen molar-refractivity contribution in [3.05, 3.63) is 81.9 Å². The number of nitrogens with zero attached hydrogens (tertiary/aromatic N) is 5. The largest absolute Gasteiger partial charge is 0.333 e. The summed E-state index contributed by atoms with van der Waals surface area (Å²) < 4.78 is 6.75. The number of thiophene rings is 1. The van der Waals surface area contributed by atoms with Crippen molar-refractivity contribution in [2.75, 3.05) is 5.32 Å². The van der Waals surface area contributed by atoms with E-state index in [-0.39, 0.29) is 12.1 Å². The van der Waals surface area contributed by atoms with Crippen molar-refractivity contribution in [3.8, 4) is 28.2 Å². The molecule has 1 amide bonds. The zero-order chi connectivity index (χ0) is 24.5. The van der Waals surface area contributed by atoms with Crippen LogP contribution in [0.3, 0.4) is 0 Å². The second kappa shape index (κ2) is 8.96. The standard InChI is InChI=1S/C25H18N6O3S/c1-14-5-3-7-17(9-14)22-29-23(34-30-22)21-15(2)20-24(35-21)27-13-31(25(20)33)12-19(32)28-18-8-4-6-16(10-18)11-26/h3-10,13H,12H2,1-2H3,(H,28,32). The van der Waals surface area contributed by atoms with Gasteiger partial charge in [0, 0.05) is 11.3 Å². The summed E-state index contributed by atoms with van der Waals surface area (Å²) in [6.45, 7) is 3.56. The van der Waals surface area contributed by atoms with Crippen molar-refractivity contribution in [1.82, 2.24) is 19.7 Å². The highest BCUT2D eigenvalue weighted by molar-refractivity contribution is 7.22. The number of aromatic nitrogens is 4. The molecule has 0 spiro atoms. The van der Waals surface area contributed by atoms with Crippen molar-refractivity contribution in [1.29, 1.82) is 5.26 Å². The summed E-state index contributed by atoms with van der Waals surface area (Å²) in [5.74, 6) is 0.363. The Morgan fingerprint density at radius 2 is 2.03 bits per heavy atom. The van der Waals surface area contributed by atoms with Gasteiger partial charge in [-0.2, -0.15) is 10.2 Å². The van der Waals surface area contributed by atoms with Crippen LogP contribution in [0.25, 0.3) is 32.4 Å². The smallest absolute Gasteiger partial charge is 0.268 e. The van der Waals surface area contributed by atoms with Gasteiger partial charge in [-0.05, 0) is 43.7 Å². The fourth-order valence-corrected chi connectivity index (χ4v) is 4.78. The Hall–Kier alpha value is -4.62. The Morgan fingerprint density at radius 1 is 1.20 bits per heavy atom. The van der Waals surface area contributed by atoms with Gasteiger partial charge in [0.25, 0.3) is 11.4 Å². The molecule has 5 aromatic rings. The maximum atomic E-state index is 13.2. The van der Waals surface area contributed by atoms with Gasteiger partial charge < -0.3 is 9.84 Å². The molecule has 0 saturated carbocycles. The Kier molecular flexibility index (Phi) is 5.68. The van der Waals surface area contributed by atoms with E-state index >= 15 is 0 Å². The number of carbonyl (C=O) groups excluding carboxylic acids is 1. The molecule has 0 aliphatic rings. The first-order valence-electron chi connectivity index (χ1n) is 10.6. The topological polar surface area (TPSA) is 127 Å². The number of benzene rings is 2. The lowest BCUT2D eigenvalue weighted by Gasteiger charge is -2.07. The van der Waals surface area contributed by atoms with Crippen LogP contribution >= 0.6 is 11.3 Å². The monoisotopic (exact) mass is 482 g/mol. The Morgan fingerprint density at radius 3 is 2.83 bits per heavy atom. The highest BCUT2D eigenvalue weighted by Gasteiger charge is 2.21. The maximum absolute atomic E-state index is 13.2. The molecule has 35 heavy (non-hydrogen) atoms. The zero-order valence-electron chi connectivity index (χ0n) is 18.8. The van der Waals surface area contributed by atoms with Gasteiger partial charge >= 0.3 is 0 Å². The third-order valence-electron chi connectivity index (χ3n) is 5.40. The molecule has 0 aliphatic carbocycles. The molecule has 172 valence electrons. The van der Waals surface area contributed by atoms with Gasteiger partial charge in [0.2, 0.25) is 11.7 Å². The molecular weight excluding hydrogens is 464 g/mol. The van der Waals surface area contributed by atoms with Crippen LogP contribution in [-0.4, -0.2) is 25.6 Å². The average molecular weight is 483 g/mol. The van der Waals surface area contributed by atoms with E-state index in [0.29, 0.717) is 43.6 Å². The van der Waals surface area contributed by atoms with Crippen LogP contribution < -0.4 is 10.9 Å². The predicted molar refractivity (Wildman–Crippen MR) is 132 cm³/mol. The number of hydrogen-bond acceptors (Lipinski definition) is 8. The Labute approximate surface area is 203 Å².